The van der Waals surface area contributed by atoms with Crippen molar-refractivity contribution in [3.8, 4) is 0 Å². The normalized spacial score (nSPS) is 10.7. The van der Waals surface area contributed by atoms with E-state index in [4.69, 9.17) is 11.6 Å². The Morgan fingerprint density at radius 3 is 2.52 bits per heavy atom. The Hall–Kier alpha value is -1.87. The molecule has 146 valence electrons. The molecule has 0 unspecified atom stereocenters. The van der Waals surface area contributed by atoms with Crippen molar-refractivity contribution in [1.82, 2.24) is 15.6 Å². The third kappa shape index (κ3) is 9.05. The second-order valence-corrected chi connectivity index (χ2v) is 6.20. The van der Waals surface area contributed by atoms with Gasteiger partial charge in [-0.3, -0.25) is 4.79 Å². The Morgan fingerprint density at radius 1 is 1.15 bits per heavy atom. The standard InChI is InChI=1S/C19H24ClN5O.HI/c1-3-21-19(24-13-15-5-7-16(20)8-6-15)22-11-10-18(26)25-17-9-4-14(2)12-23-17;/h4-9,12H,3,10-11,13H2,1-2H3,(H2,21,22,24)(H,23,25,26);1H. The third-order valence-corrected chi connectivity index (χ3v) is 3.75. The van der Waals surface area contributed by atoms with Crippen LogP contribution in [0.25, 0.3) is 0 Å². The molecule has 2 rings (SSSR count). The minimum absolute atomic E-state index is 0. The molecule has 1 heterocycles. The fourth-order valence-electron chi connectivity index (χ4n) is 2.14. The molecule has 0 bridgehead atoms. The zero-order valence-corrected chi connectivity index (χ0v) is 18.5. The maximum Gasteiger partial charge on any atom is 0.227 e. The van der Waals surface area contributed by atoms with Crippen molar-refractivity contribution >= 4 is 53.3 Å². The van der Waals surface area contributed by atoms with Crippen molar-refractivity contribution in [2.24, 2.45) is 4.99 Å². The maximum absolute atomic E-state index is 12.0. The van der Waals surface area contributed by atoms with Gasteiger partial charge in [0.05, 0.1) is 6.54 Å². The smallest absolute Gasteiger partial charge is 0.227 e. The fraction of sp³-hybridized carbons (Fsp3) is 0.316. The fourth-order valence-corrected chi connectivity index (χ4v) is 2.27. The van der Waals surface area contributed by atoms with Crippen LogP contribution in [-0.2, 0) is 11.3 Å². The van der Waals surface area contributed by atoms with Crippen molar-refractivity contribution in [3.05, 3.63) is 58.7 Å². The molecule has 8 heteroatoms. The summed E-state index contributed by atoms with van der Waals surface area (Å²) >= 11 is 5.89. The van der Waals surface area contributed by atoms with Crippen molar-refractivity contribution in [1.29, 1.82) is 0 Å². The average molecular weight is 502 g/mol. The zero-order chi connectivity index (χ0) is 18.8. The molecule has 27 heavy (non-hydrogen) atoms. The molecular weight excluding hydrogens is 477 g/mol. The quantitative estimate of drug-likeness (QED) is 0.307. The maximum atomic E-state index is 12.0. The van der Waals surface area contributed by atoms with Crippen LogP contribution in [0.3, 0.4) is 0 Å². The molecular formula is C19H25ClIN5O. The topological polar surface area (TPSA) is 78.4 Å². The molecule has 1 aromatic heterocycles. The van der Waals surface area contributed by atoms with Crippen LogP contribution in [0.1, 0.15) is 24.5 Å². The van der Waals surface area contributed by atoms with Gasteiger partial charge < -0.3 is 16.0 Å². The van der Waals surface area contributed by atoms with Crippen LogP contribution < -0.4 is 16.0 Å². The number of hydrogen-bond donors (Lipinski definition) is 3. The van der Waals surface area contributed by atoms with Crippen LogP contribution in [0, 0.1) is 6.92 Å². The first-order valence-corrected chi connectivity index (χ1v) is 8.93. The first-order valence-electron chi connectivity index (χ1n) is 8.56. The van der Waals surface area contributed by atoms with Crippen LogP contribution in [0.4, 0.5) is 5.82 Å². The number of guanidine groups is 1. The zero-order valence-electron chi connectivity index (χ0n) is 15.5. The molecule has 1 aromatic carbocycles. The number of aromatic nitrogens is 1. The molecule has 0 aliphatic carbocycles. The van der Waals surface area contributed by atoms with Gasteiger partial charge in [-0.05, 0) is 43.2 Å². The minimum atomic E-state index is -0.0950. The van der Waals surface area contributed by atoms with Crippen LogP contribution in [-0.4, -0.2) is 29.9 Å². The van der Waals surface area contributed by atoms with Crippen LogP contribution >= 0.6 is 35.6 Å². The summed E-state index contributed by atoms with van der Waals surface area (Å²) < 4.78 is 0. The summed E-state index contributed by atoms with van der Waals surface area (Å²) in [6, 6.07) is 11.3. The first-order chi connectivity index (χ1) is 12.6. The van der Waals surface area contributed by atoms with E-state index in [1.54, 1.807) is 12.3 Å². The number of anilines is 1. The van der Waals surface area contributed by atoms with Gasteiger partial charge in [-0.1, -0.05) is 29.8 Å². The Morgan fingerprint density at radius 2 is 1.89 bits per heavy atom. The number of hydrogen-bond acceptors (Lipinski definition) is 3. The number of nitrogens with one attached hydrogen (secondary N) is 3. The molecule has 0 aliphatic rings. The Bertz CT molecular complexity index is 735. The molecule has 0 saturated carbocycles. The van der Waals surface area contributed by atoms with Crippen LogP contribution in [0.15, 0.2) is 47.6 Å². The van der Waals surface area contributed by atoms with E-state index in [2.05, 4.69) is 25.9 Å². The van der Waals surface area contributed by atoms with Crippen molar-refractivity contribution in [2.45, 2.75) is 26.8 Å². The number of halogens is 2. The van der Waals surface area contributed by atoms with Crippen molar-refractivity contribution in [3.63, 3.8) is 0 Å². The SMILES string of the molecule is CCNC(=NCc1ccc(Cl)cc1)NCCC(=O)Nc1ccc(C)cn1.I. The minimum Gasteiger partial charge on any atom is -0.357 e. The average Bonchev–Trinajstić information content (AvgIpc) is 2.63. The van der Waals surface area contributed by atoms with Crippen molar-refractivity contribution in [2.75, 3.05) is 18.4 Å². The predicted octanol–water partition coefficient (Wildman–Crippen LogP) is 3.75. The molecule has 0 aliphatic heterocycles. The van der Waals surface area contributed by atoms with Gasteiger partial charge >= 0.3 is 0 Å². The first kappa shape index (κ1) is 23.2. The van der Waals surface area contributed by atoms with Gasteiger partial charge in [0.1, 0.15) is 5.82 Å². The number of amides is 1. The van der Waals surface area contributed by atoms with E-state index in [1.807, 2.05) is 44.2 Å². The van der Waals surface area contributed by atoms with Gasteiger partial charge in [-0.2, -0.15) is 0 Å². The van der Waals surface area contributed by atoms with Gasteiger partial charge in [0.2, 0.25) is 5.91 Å². The monoisotopic (exact) mass is 501 g/mol. The highest BCUT2D eigenvalue weighted by Crippen LogP contribution is 2.10. The second-order valence-electron chi connectivity index (χ2n) is 5.77. The highest BCUT2D eigenvalue weighted by Gasteiger charge is 2.04. The van der Waals surface area contributed by atoms with Crippen molar-refractivity contribution < 1.29 is 4.79 Å². The number of aliphatic imine (C=N–C) groups is 1. The second kappa shape index (κ2) is 12.5. The number of nitrogens with zero attached hydrogens (tertiary/aromatic N) is 2. The number of carbonyl (C=O) groups is 1. The molecule has 2 aromatic rings. The molecule has 0 atom stereocenters. The van der Waals surface area contributed by atoms with Gasteiger partial charge in [0, 0.05) is 30.7 Å². The molecule has 0 spiro atoms. The largest absolute Gasteiger partial charge is 0.357 e. The van der Waals surface area contributed by atoms with E-state index in [1.165, 1.54) is 0 Å². The predicted molar refractivity (Wildman–Crippen MR) is 122 cm³/mol. The molecule has 1 amide bonds. The van der Waals surface area contributed by atoms with E-state index in [0.717, 1.165) is 17.7 Å². The number of benzene rings is 1. The number of rotatable bonds is 7. The third-order valence-electron chi connectivity index (χ3n) is 3.50. The Labute approximate surface area is 182 Å². The van der Waals surface area contributed by atoms with Gasteiger partial charge in [-0.25, -0.2) is 9.98 Å². The summed E-state index contributed by atoms with van der Waals surface area (Å²) in [5.41, 5.74) is 2.12. The summed E-state index contributed by atoms with van der Waals surface area (Å²) in [6.07, 6.45) is 2.04. The van der Waals surface area contributed by atoms with Gasteiger partial charge in [-0.15, -0.1) is 24.0 Å². The lowest BCUT2D eigenvalue weighted by atomic mass is 10.2. The van der Waals surface area contributed by atoms with E-state index in [0.29, 0.717) is 36.3 Å². The molecule has 3 N–H and O–H groups in total. The molecule has 6 nitrogen and oxygen atoms in total. The van der Waals surface area contributed by atoms with Crippen LogP contribution in [0.2, 0.25) is 5.02 Å². The van der Waals surface area contributed by atoms with Crippen LogP contribution in [0.5, 0.6) is 0 Å². The van der Waals surface area contributed by atoms with Gasteiger partial charge in [0.15, 0.2) is 5.96 Å². The number of pyridine rings is 1. The Kier molecular flexibility index (Phi) is 10.7. The molecule has 0 radical (unpaired) electrons. The van der Waals surface area contributed by atoms with E-state index in [9.17, 15) is 4.79 Å². The molecule has 0 fully saturated rings. The highest BCUT2D eigenvalue weighted by molar-refractivity contribution is 14.0. The lowest BCUT2D eigenvalue weighted by molar-refractivity contribution is -0.116. The van der Waals surface area contributed by atoms with Gasteiger partial charge in [0.25, 0.3) is 0 Å². The summed E-state index contributed by atoms with van der Waals surface area (Å²) in [7, 11) is 0. The van der Waals surface area contributed by atoms with E-state index in [-0.39, 0.29) is 29.9 Å². The lowest BCUT2D eigenvalue weighted by Crippen LogP contribution is -2.38. The van der Waals surface area contributed by atoms with E-state index >= 15 is 0 Å². The molecule has 0 saturated heterocycles. The highest BCUT2D eigenvalue weighted by atomic mass is 127. The summed E-state index contributed by atoms with van der Waals surface area (Å²) in [5.74, 6) is 1.13. The summed E-state index contributed by atoms with van der Waals surface area (Å²) in [4.78, 5) is 20.7. The van der Waals surface area contributed by atoms with E-state index < -0.39 is 0 Å². The lowest BCUT2D eigenvalue weighted by Gasteiger charge is -2.11. The summed E-state index contributed by atoms with van der Waals surface area (Å²) in [6.45, 7) is 5.70. The number of aryl methyl sites for hydroxylation is 1. The number of carbonyl (C=O) groups excluding carboxylic acids is 1. The summed E-state index contributed by atoms with van der Waals surface area (Å²) in [5, 5.41) is 9.80. The Balaban J connectivity index is 0.00000364.